The zero-order chi connectivity index (χ0) is 18.1. The van der Waals surface area contributed by atoms with E-state index in [9.17, 15) is 14.0 Å². The van der Waals surface area contributed by atoms with Crippen LogP contribution < -0.4 is 10.0 Å². The fourth-order valence-corrected chi connectivity index (χ4v) is 3.99. The highest BCUT2D eigenvalue weighted by Gasteiger charge is 2.37. The van der Waals surface area contributed by atoms with E-state index in [4.69, 9.17) is 23.2 Å². The van der Waals surface area contributed by atoms with E-state index in [0.717, 1.165) is 25.9 Å². The minimum absolute atomic E-state index is 0.0233. The molecule has 2 atom stereocenters. The Balaban J connectivity index is 2.44. The van der Waals surface area contributed by atoms with E-state index < -0.39 is 28.0 Å². The van der Waals surface area contributed by atoms with E-state index in [0.29, 0.717) is 0 Å². The van der Waals surface area contributed by atoms with Crippen molar-refractivity contribution in [3.63, 3.8) is 0 Å². The van der Waals surface area contributed by atoms with Gasteiger partial charge in [-0.15, -0.1) is 4.72 Å². The second kappa shape index (κ2) is 7.98. The van der Waals surface area contributed by atoms with Crippen LogP contribution >= 0.6 is 23.2 Å². The number of nitrogens with one attached hydrogen (secondary N) is 2. The predicted octanol–water partition coefficient (Wildman–Crippen LogP) is 3.93. The summed E-state index contributed by atoms with van der Waals surface area (Å²) in [5.41, 5.74) is 0.0360. The van der Waals surface area contributed by atoms with Gasteiger partial charge in [0, 0.05) is 17.4 Å². The molecule has 136 valence electrons. The van der Waals surface area contributed by atoms with Gasteiger partial charge in [0.05, 0.1) is 21.7 Å². The van der Waals surface area contributed by atoms with E-state index in [1.807, 2.05) is 20.8 Å². The first-order valence-corrected chi connectivity index (χ1v) is 9.78. The van der Waals surface area contributed by atoms with Crippen LogP contribution in [-0.4, -0.2) is 27.5 Å². The van der Waals surface area contributed by atoms with Gasteiger partial charge in [0.1, 0.15) is 10.5 Å². The van der Waals surface area contributed by atoms with Crippen LogP contribution in [0.1, 0.15) is 45.2 Å². The third-order valence-electron chi connectivity index (χ3n) is 4.13. The Kier molecular flexibility index (Phi) is 6.67. The number of hydrogen-bond donors (Lipinski definition) is 3. The molecule has 3 N–H and O–H groups in total. The van der Waals surface area contributed by atoms with Crippen molar-refractivity contribution >= 4 is 34.6 Å². The summed E-state index contributed by atoms with van der Waals surface area (Å²) in [6.45, 7) is 7.07. The molecule has 1 aliphatic rings. The average molecular weight is 397 g/mol. The summed E-state index contributed by atoms with van der Waals surface area (Å²) in [5.74, 6) is -1.01. The summed E-state index contributed by atoms with van der Waals surface area (Å²) in [4.78, 5) is 0. The maximum Gasteiger partial charge on any atom is 0.151 e. The summed E-state index contributed by atoms with van der Waals surface area (Å²) in [6.07, 6.45) is 1.55. The summed E-state index contributed by atoms with van der Waals surface area (Å²) < 4.78 is 29.8. The zero-order valence-corrected chi connectivity index (χ0v) is 16.3. The van der Waals surface area contributed by atoms with Crippen LogP contribution in [0.2, 0.25) is 10.0 Å². The van der Waals surface area contributed by atoms with Crippen molar-refractivity contribution in [2.75, 3.05) is 13.1 Å². The van der Waals surface area contributed by atoms with Crippen LogP contribution in [0.4, 0.5) is 4.39 Å². The lowest BCUT2D eigenvalue weighted by Crippen LogP contribution is -2.45. The van der Waals surface area contributed by atoms with Crippen LogP contribution in [0.15, 0.2) is 6.07 Å². The van der Waals surface area contributed by atoms with Gasteiger partial charge >= 0.3 is 0 Å². The SMILES string of the molecule is CC(C)(C)[S+]([O-])N[C@@H](c1c(O)cc(Cl)c(Cl)c1F)C1CCNCC1. The van der Waals surface area contributed by atoms with Gasteiger partial charge in [0.15, 0.2) is 5.82 Å². The lowest BCUT2D eigenvalue weighted by Gasteiger charge is -2.34. The van der Waals surface area contributed by atoms with Crippen molar-refractivity contribution in [2.24, 2.45) is 5.92 Å². The maximum absolute atomic E-state index is 14.7. The number of phenolic OH excluding ortho intramolecular Hbond substituents is 1. The topological polar surface area (TPSA) is 67.3 Å². The highest BCUT2D eigenvalue weighted by atomic mass is 35.5. The summed E-state index contributed by atoms with van der Waals surface area (Å²) >= 11 is 10.3. The lowest BCUT2D eigenvalue weighted by molar-refractivity contribution is 0.293. The highest BCUT2D eigenvalue weighted by Crippen LogP contribution is 2.41. The van der Waals surface area contributed by atoms with Crippen LogP contribution in [0.3, 0.4) is 0 Å². The lowest BCUT2D eigenvalue weighted by atomic mass is 9.86. The fourth-order valence-electron chi connectivity index (χ4n) is 2.75. The maximum atomic E-state index is 14.7. The molecule has 4 nitrogen and oxygen atoms in total. The molecule has 0 saturated carbocycles. The van der Waals surface area contributed by atoms with E-state index in [1.165, 1.54) is 6.07 Å². The van der Waals surface area contributed by atoms with Crippen molar-refractivity contribution in [2.45, 2.75) is 44.4 Å². The number of piperidine rings is 1. The molecular formula is C16H23Cl2FN2O2S. The molecule has 1 saturated heterocycles. The molecular weight excluding hydrogens is 374 g/mol. The molecule has 24 heavy (non-hydrogen) atoms. The molecule has 8 heteroatoms. The summed E-state index contributed by atoms with van der Waals surface area (Å²) in [6, 6.07) is 0.625. The standard InChI is InChI=1S/C16H23Cl2FN2O2S/c1-16(2,3)24(23)21-15(9-4-6-20-7-5-9)12-11(22)8-10(17)13(18)14(12)19/h8-9,15,20-22H,4-7H2,1-3H3/t15-,24?/m1/s1. The average Bonchev–Trinajstić information content (AvgIpc) is 2.51. The van der Waals surface area contributed by atoms with Gasteiger partial charge in [-0.3, -0.25) is 0 Å². The Morgan fingerprint density at radius 1 is 1.38 bits per heavy atom. The van der Waals surface area contributed by atoms with Gasteiger partial charge in [0.25, 0.3) is 0 Å². The van der Waals surface area contributed by atoms with E-state index in [1.54, 1.807) is 0 Å². The third-order valence-corrected chi connectivity index (χ3v) is 6.48. The van der Waals surface area contributed by atoms with Crippen molar-refractivity contribution in [3.05, 3.63) is 27.5 Å². The van der Waals surface area contributed by atoms with Crippen molar-refractivity contribution in [3.8, 4) is 5.75 Å². The van der Waals surface area contributed by atoms with Gasteiger partial charge in [-0.1, -0.05) is 23.2 Å². The molecule has 1 aromatic rings. The number of benzene rings is 1. The Hall–Kier alpha value is -0.240. The number of rotatable bonds is 4. The smallest absolute Gasteiger partial charge is 0.151 e. The van der Waals surface area contributed by atoms with Crippen LogP contribution in [0.5, 0.6) is 5.75 Å². The molecule has 1 aliphatic heterocycles. The Bertz CT molecular complexity index is 592. The molecule has 0 radical (unpaired) electrons. The minimum Gasteiger partial charge on any atom is -0.598 e. The molecule has 0 bridgehead atoms. The number of aromatic hydroxyl groups is 1. The molecule has 2 rings (SSSR count). The number of phenols is 1. The first kappa shape index (κ1) is 20.1. The molecule has 0 spiro atoms. The Labute approximate surface area is 155 Å². The highest BCUT2D eigenvalue weighted by molar-refractivity contribution is 7.90. The fraction of sp³-hybridized carbons (Fsp3) is 0.625. The van der Waals surface area contributed by atoms with Crippen molar-refractivity contribution in [1.82, 2.24) is 10.0 Å². The largest absolute Gasteiger partial charge is 0.598 e. The molecule has 1 heterocycles. The van der Waals surface area contributed by atoms with Crippen molar-refractivity contribution in [1.29, 1.82) is 0 Å². The van der Waals surface area contributed by atoms with Crippen LogP contribution in [0.25, 0.3) is 0 Å². The molecule has 0 aliphatic carbocycles. The molecule has 0 aromatic heterocycles. The van der Waals surface area contributed by atoms with Crippen molar-refractivity contribution < 1.29 is 14.0 Å². The van der Waals surface area contributed by atoms with Gasteiger partial charge in [-0.25, -0.2) is 4.39 Å². The quantitative estimate of drug-likeness (QED) is 0.532. The second-order valence-electron chi connectivity index (χ2n) is 6.98. The van der Waals surface area contributed by atoms with Gasteiger partial charge < -0.3 is 15.0 Å². The van der Waals surface area contributed by atoms with Crippen LogP contribution in [0, 0.1) is 11.7 Å². The van der Waals surface area contributed by atoms with Gasteiger partial charge in [-0.2, -0.15) is 0 Å². The number of halogens is 3. The van der Waals surface area contributed by atoms with Gasteiger partial charge in [-0.05, 0) is 52.6 Å². The monoisotopic (exact) mass is 396 g/mol. The molecule has 1 unspecified atom stereocenters. The minimum atomic E-state index is -1.42. The first-order valence-electron chi connectivity index (χ1n) is 7.88. The summed E-state index contributed by atoms with van der Waals surface area (Å²) in [5, 5.41) is 13.2. The third kappa shape index (κ3) is 4.48. The van der Waals surface area contributed by atoms with E-state index in [2.05, 4.69) is 10.0 Å². The first-order chi connectivity index (χ1) is 11.1. The Morgan fingerprint density at radius 2 is 1.96 bits per heavy atom. The predicted molar refractivity (Wildman–Crippen MR) is 97.5 cm³/mol. The second-order valence-corrected chi connectivity index (χ2v) is 9.77. The normalized spacial score (nSPS) is 19.3. The van der Waals surface area contributed by atoms with E-state index in [-0.39, 0.29) is 27.3 Å². The van der Waals surface area contributed by atoms with Crippen LogP contribution in [-0.2, 0) is 11.4 Å². The Morgan fingerprint density at radius 3 is 2.50 bits per heavy atom. The van der Waals surface area contributed by atoms with E-state index >= 15 is 0 Å². The molecule has 0 amide bonds. The zero-order valence-electron chi connectivity index (χ0n) is 14.0. The number of hydrogen-bond acceptors (Lipinski definition) is 4. The molecule has 1 fully saturated rings. The van der Waals surface area contributed by atoms with Gasteiger partial charge in [0.2, 0.25) is 0 Å². The summed E-state index contributed by atoms with van der Waals surface area (Å²) in [7, 11) is 0. The molecule has 1 aromatic carbocycles.